The fourth-order valence-corrected chi connectivity index (χ4v) is 6.07. The van der Waals surface area contributed by atoms with Crippen molar-refractivity contribution in [2.45, 2.75) is 59.6 Å². The molecule has 0 bridgehead atoms. The number of methoxy groups -OCH3 is 1. The average molecular weight is 485 g/mol. The number of rotatable bonds is 6. The lowest BCUT2D eigenvalue weighted by atomic mass is 9.81. The zero-order valence-electron chi connectivity index (χ0n) is 22.6. The summed E-state index contributed by atoms with van der Waals surface area (Å²) < 4.78 is 5.85. The molecule has 5 heteroatoms. The average Bonchev–Trinajstić information content (AvgIpc) is 2.87. The summed E-state index contributed by atoms with van der Waals surface area (Å²) in [5.74, 6) is 2.01. The second-order valence-electron chi connectivity index (χ2n) is 11.2. The number of hydrogen-bond acceptors (Lipinski definition) is 5. The molecule has 2 aliphatic rings. The Morgan fingerprint density at radius 3 is 2.42 bits per heavy atom. The van der Waals surface area contributed by atoms with Gasteiger partial charge in [-0.05, 0) is 43.4 Å². The summed E-state index contributed by atoms with van der Waals surface area (Å²) in [4.78, 5) is 15.6. The maximum Gasteiger partial charge on any atom is 0.162 e. The Hall–Kier alpha value is -2.76. The van der Waals surface area contributed by atoms with Gasteiger partial charge in [0, 0.05) is 62.8 Å². The summed E-state index contributed by atoms with van der Waals surface area (Å²) in [5.41, 5.74) is 7.65. The van der Waals surface area contributed by atoms with Crippen LogP contribution >= 0.6 is 0 Å². The smallest absolute Gasteiger partial charge is 0.162 e. The molecule has 0 N–H and O–H groups in total. The maximum atomic E-state index is 5.85. The minimum absolute atomic E-state index is 0.0608. The molecule has 1 atom stereocenters. The summed E-state index contributed by atoms with van der Waals surface area (Å²) >= 11 is 0. The normalized spacial score (nSPS) is 19.8. The monoisotopic (exact) mass is 484 g/mol. The number of aryl methyl sites for hydroxylation is 2. The van der Waals surface area contributed by atoms with Crippen molar-refractivity contribution < 1.29 is 4.74 Å². The van der Waals surface area contributed by atoms with Crippen LogP contribution in [-0.2, 0) is 24.1 Å². The van der Waals surface area contributed by atoms with Gasteiger partial charge in [-0.15, -0.1) is 0 Å². The first-order chi connectivity index (χ1) is 17.4. The van der Waals surface area contributed by atoms with Crippen molar-refractivity contribution in [1.82, 2.24) is 14.9 Å². The molecule has 0 unspecified atom stereocenters. The van der Waals surface area contributed by atoms with E-state index < -0.39 is 0 Å². The minimum Gasteiger partial charge on any atom is -0.381 e. The molecule has 0 amide bonds. The highest BCUT2D eigenvalue weighted by Crippen LogP contribution is 2.37. The fourth-order valence-electron chi connectivity index (χ4n) is 6.07. The zero-order valence-corrected chi connectivity index (χ0v) is 22.6. The van der Waals surface area contributed by atoms with E-state index in [2.05, 4.69) is 86.0 Å². The van der Waals surface area contributed by atoms with Crippen LogP contribution in [0.5, 0.6) is 0 Å². The zero-order chi connectivity index (χ0) is 25.3. The highest BCUT2D eigenvalue weighted by molar-refractivity contribution is 5.67. The van der Waals surface area contributed by atoms with Gasteiger partial charge < -0.3 is 9.64 Å². The van der Waals surface area contributed by atoms with Crippen LogP contribution in [0, 0.1) is 19.3 Å². The van der Waals surface area contributed by atoms with E-state index in [9.17, 15) is 0 Å². The SMILES string of the molecule is CO[C@H]1CCN(c2nc(-c3c(C)cccc3C)nc3c2CN(CCc2ccccc2)CC3)CC1(C)C. The van der Waals surface area contributed by atoms with Crippen LogP contribution in [0.4, 0.5) is 5.82 Å². The third-order valence-corrected chi connectivity index (χ3v) is 8.10. The van der Waals surface area contributed by atoms with E-state index in [1.54, 1.807) is 0 Å². The molecule has 1 aromatic heterocycles. The largest absolute Gasteiger partial charge is 0.381 e. The Kier molecular flexibility index (Phi) is 7.14. The summed E-state index contributed by atoms with van der Waals surface area (Å²) in [6, 6.07) is 17.3. The van der Waals surface area contributed by atoms with Crippen LogP contribution in [0.25, 0.3) is 11.4 Å². The Labute approximate surface area is 216 Å². The molecule has 5 nitrogen and oxygen atoms in total. The molecule has 190 valence electrons. The quantitative estimate of drug-likeness (QED) is 0.455. The Balaban J connectivity index is 1.50. The van der Waals surface area contributed by atoms with Crippen molar-refractivity contribution in [3.8, 4) is 11.4 Å². The van der Waals surface area contributed by atoms with Gasteiger partial charge in [0.25, 0.3) is 0 Å². The molecule has 1 fully saturated rings. The molecule has 36 heavy (non-hydrogen) atoms. The first kappa shape index (κ1) is 24.9. The van der Waals surface area contributed by atoms with Gasteiger partial charge in [0.05, 0.1) is 11.8 Å². The third-order valence-electron chi connectivity index (χ3n) is 8.10. The molecule has 3 heterocycles. The van der Waals surface area contributed by atoms with Crippen molar-refractivity contribution in [3.05, 3.63) is 76.5 Å². The Morgan fingerprint density at radius 1 is 0.972 bits per heavy atom. The number of ether oxygens (including phenoxy) is 1. The summed E-state index contributed by atoms with van der Waals surface area (Å²) in [6.07, 6.45) is 3.32. The van der Waals surface area contributed by atoms with E-state index in [1.807, 2.05) is 7.11 Å². The highest BCUT2D eigenvalue weighted by Gasteiger charge is 2.38. The molecule has 2 aromatic carbocycles. The second-order valence-corrected chi connectivity index (χ2v) is 11.2. The van der Waals surface area contributed by atoms with Crippen LogP contribution < -0.4 is 4.90 Å². The molecule has 1 saturated heterocycles. The van der Waals surface area contributed by atoms with Crippen molar-refractivity contribution in [1.29, 1.82) is 0 Å². The molecular weight excluding hydrogens is 444 g/mol. The number of fused-ring (bicyclic) bond motifs is 1. The summed E-state index contributed by atoms with van der Waals surface area (Å²) in [7, 11) is 1.85. The third kappa shape index (κ3) is 5.05. The van der Waals surface area contributed by atoms with Gasteiger partial charge in [0.2, 0.25) is 0 Å². The molecule has 0 spiro atoms. The van der Waals surface area contributed by atoms with E-state index in [-0.39, 0.29) is 11.5 Å². The Bertz CT molecular complexity index is 1190. The van der Waals surface area contributed by atoms with E-state index in [0.29, 0.717) is 0 Å². The molecule has 0 radical (unpaired) electrons. The van der Waals surface area contributed by atoms with Gasteiger partial charge >= 0.3 is 0 Å². The molecule has 0 aliphatic carbocycles. The minimum atomic E-state index is 0.0608. The van der Waals surface area contributed by atoms with Crippen molar-refractivity contribution in [3.63, 3.8) is 0 Å². The Morgan fingerprint density at radius 2 is 1.72 bits per heavy atom. The number of hydrogen-bond donors (Lipinski definition) is 0. The maximum absolute atomic E-state index is 5.85. The topological polar surface area (TPSA) is 41.5 Å². The number of benzene rings is 2. The van der Waals surface area contributed by atoms with Gasteiger partial charge in [-0.2, -0.15) is 0 Å². The molecule has 2 aliphatic heterocycles. The summed E-state index contributed by atoms with van der Waals surface area (Å²) in [5, 5.41) is 0. The van der Waals surface area contributed by atoms with Crippen LogP contribution in [0.2, 0.25) is 0 Å². The number of anilines is 1. The van der Waals surface area contributed by atoms with Gasteiger partial charge in [-0.3, -0.25) is 4.90 Å². The van der Waals surface area contributed by atoms with E-state index in [0.717, 1.165) is 63.6 Å². The first-order valence-electron chi connectivity index (χ1n) is 13.4. The van der Waals surface area contributed by atoms with Crippen LogP contribution in [0.15, 0.2) is 48.5 Å². The number of piperidine rings is 1. The lowest BCUT2D eigenvalue weighted by molar-refractivity contribution is -0.00650. The molecule has 0 saturated carbocycles. The van der Waals surface area contributed by atoms with E-state index in [1.165, 1.54) is 33.5 Å². The van der Waals surface area contributed by atoms with Crippen molar-refractivity contribution >= 4 is 5.82 Å². The van der Waals surface area contributed by atoms with Gasteiger partial charge in [-0.25, -0.2) is 9.97 Å². The molecule has 5 rings (SSSR count). The standard InChI is InChI=1S/C31H40N4O/c1-22-10-9-11-23(2)28(22)29-32-26-15-18-34(17-14-24-12-7-6-8-13-24)20-25(26)30(33-29)35-19-16-27(36-5)31(3,4)21-35/h6-13,27H,14-21H2,1-5H3/t27-/m0/s1. The second kappa shape index (κ2) is 10.3. The number of aromatic nitrogens is 2. The lowest BCUT2D eigenvalue weighted by Gasteiger charge is -2.45. The van der Waals surface area contributed by atoms with Crippen molar-refractivity contribution in [2.75, 3.05) is 38.2 Å². The molecule has 3 aromatic rings. The van der Waals surface area contributed by atoms with Crippen molar-refractivity contribution in [2.24, 2.45) is 5.41 Å². The predicted molar refractivity (Wildman–Crippen MR) is 147 cm³/mol. The van der Waals surface area contributed by atoms with Crippen LogP contribution in [-0.4, -0.2) is 54.3 Å². The fraction of sp³-hybridized carbons (Fsp3) is 0.484. The van der Waals surface area contributed by atoms with Gasteiger partial charge in [-0.1, -0.05) is 62.4 Å². The number of nitrogens with zero attached hydrogens (tertiary/aromatic N) is 4. The van der Waals surface area contributed by atoms with Gasteiger partial charge in [0.15, 0.2) is 5.82 Å². The van der Waals surface area contributed by atoms with E-state index >= 15 is 0 Å². The van der Waals surface area contributed by atoms with Crippen LogP contribution in [0.1, 0.15) is 48.2 Å². The lowest BCUT2D eigenvalue weighted by Crippen LogP contribution is -2.50. The highest BCUT2D eigenvalue weighted by atomic mass is 16.5. The van der Waals surface area contributed by atoms with Crippen LogP contribution in [0.3, 0.4) is 0 Å². The summed E-state index contributed by atoms with van der Waals surface area (Å²) in [6.45, 7) is 13.9. The van der Waals surface area contributed by atoms with Gasteiger partial charge in [0.1, 0.15) is 5.82 Å². The van der Waals surface area contributed by atoms with E-state index in [4.69, 9.17) is 14.7 Å². The molecular formula is C31H40N4O. The first-order valence-corrected chi connectivity index (χ1v) is 13.4. The predicted octanol–water partition coefficient (Wildman–Crippen LogP) is 5.61.